The molecule has 0 fully saturated rings. The van der Waals surface area contributed by atoms with Crippen molar-refractivity contribution in [3.63, 3.8) is 0 Å². The van der Waals surface area contributed by atoms with Gasteiger partial charge in [0, 0.05) is 11.6 Å². The molecule has 0 aliphatic heterocycles. The zero-order chi connectivity index (χ0) is 23.0. The molecule has 0 spiro atoms. The smallest absolute Gasteiger partial charge is 0.429 e. The number of para-hydroxylation sites is 1. The highest BCUT2D eigenvalue weighted by atomic mass is 19.4. The van der Waals surface area contributed by atoms with Gasteiger partial charge in [-0.1, -0.05) is 36.4 Å². The van der Waals surface area contributed by atoms with Crippen molar-refractivity contribution in [1.82, 2.24) is 4.98 Å². The summed E-state index contributed by atoms with van der Waals surface area (Å²) in [6.07, 6.45) is -5.22. The molecular formula is C23H21F4NO4. The van der Waals surface area contributed by atoms with E-state index in [1.807, 2.05) is 6.07 Å². The lowest BCUT2D eigenvalue weighted by molar-refractivity contribution is -0.351. The van der Waals surface area contributed by atoms with Gasteiger partial charge in [0.25, 0.3) is 5.67 Å². The predicted octanol–water partition coefficient (Wildman–Crippen LogP) is 6.15. The third-order valence-electron chi connectivity index (χ3n) is 4.37. The maximum Gasteiger partial charge on any atom is 0.429 e. The summed E-state index contributed by atoms with van der Waals surface area (Å²) in [4.78, 5) is 13.6. The summed E-state index contributed by atoms with van der Waals surface area (Å²) in [6.45, 7) is 0.377. The molecule has 2 aromatic carbocycles. The lowest BCUT2D eigenvalue weighted by Gasteiger charge is -2.27. The van der Waals surface area contributed by atoms with Gasteiger partial charge in [0.2, 0.25) is 5.88 Å². The number of pyridine rings is 1. The van der Waals surface area contributed by atoms with Crippen molar-refractivity contribution in [2.24, 2.45) is 0 Å². The van der Waals surface area contributed by atoms with Gasteiger partial charge in [0.05, 0.1) is 12.3 Å². The van der Waals surface area contributed by atoms with Crippen LogP contribution in [-0.4, -0.2) is 24.4 Å². The summed E-state index contributed by atoms with van der Waals surface area (Å²) >= 11 is 0. The standard InChI is InChI=1S/C23H21F4NO4/c1-2-29-19-13-11-17(12-14-19)22(24,23(25,26)27)16-31-30-15-18-7-6-10-21(28-18)32-20-8-4-3-5-9-20/h3-14H,2,15-16H2,1H3. The molecule has 5 nitrogen and oxygen atoms in total. The van der Waals surface area contributed by atoms with Crippen molar-refractivity contribution < 1.29 is 36.8 Å². The summed E-state index contributed by atoms with van der Waals surface area (Å²) in [5.74, 6) is 1.17. The number of rotatable bonds is 10. The SMILES string of the molecule is CCOc1ccc(C(F)(COOCc2cccc(Oc3ccccc3)n2)C(F)(F)F)cc1. The Morgan fingerprint density at radius 2 is 1.50 bits per heavy atom. The Hall–Kier alpha value is -3.17. The van der Waals surface area contributed by atoms with Gasteiger partial charge in [0.15, 0.2) is 0 Å². The minimum absolute atomic E-state index is 0.266. The van der Waals surface area contributed by atoms with Crippen molar-refractivity contribution in [3.05, 3.63) is 84.1 Å². The molecule has 32 heavy (non-hydrogen) atoms. The summed E-state index contributed by atoms with van der Waals surface area (Å²) in [5.41, 5.74) is -4.05. The molecule has 0 aliphatic carbocycles. The van der Waals surface area contributed by atoms with Gasteiger partial charge in [-0.25, -0.2) is 19.1 Å². The Morgan fingerprint density at radius 3 is 2.16 bits per heavy atom. The predicted molar refractivity (Wildman–Crippen MR) is 108 cm³/mol. The summed E-state index contributed by atoms with van der Waals surface area (Å²) in [5, 5.41) is 0. The fraction of sp³-hybridized carbons (Fsp3) is 0.261. The van der Waals surface area contributed by atoms with E-state index in [9.17, 15) is 17.6 Å². The number of ether oxygens (including phenoxy) is 2. The molecule has 3 rings (SSSR count). The van der Waals surface area contributed by atoms with E-state index in [0.717, 1.165) is 12.1 Å². The number of nitrogens with zero attached hydrogens (tertiary/aromatic N) is 1. The van der Waals surface area contributed by atoms with Crippen molar-refractivity contribution in [2.45, 2.75) is 25.4 Å². The van der Waals surface area contributed by atoms with Gasteiger partial charge in [-0.3, -0.25) is 0 Å². The number of hydrogen-bond donors (Lipinski definition) is 0. The van der Waals surface area contributed by atoms with Crippen molar-refractivity contribution in [3.8, 4) is 17.4 Å². The number of hydrogen-bond acceptors (Lipinski definition) is 5. The Balaban J connectivity index is 1.60. The van der Waals surface area contributed by atoms with Crippen LogP contribution in [0.3, 0.4) is 0 Å². The normalized spacial score (nSPS) is 13.4. The molecule has 0 N–H and O–H groups in total. The monoisotopic (exact) mass is 451 g/mol. The first-order chi connectivity index (χ1) is 15.3. The van der Waals surface area contributed by atoms with Crippen LogP contribution in [0.4, 0.5) is 17.6 Å². The Labute approximate surface area is 182 Å². The highest BCUT2D eigenvalue weighted by Gasteiger charge is 2.58. The van der Waals surface area contributed by atoms with E-state index in [2.05, 4.69) is 9.87 Å². The zero-order valence-electron chi connectivity index (χ0n) is 17.1. The van der Waals surface area contributed by atoms with Gasteiger partial charge in [0.1, 0.15) is 24.7 Å². The van der Waals surface area contributed by atoms with Gasteiger partial charge in [-0.05, 0) is 37.3 Å². The van der Waals surface area contributed by atoms with Crippen LogP contribution in [0, 0.1) is 0 Å². The average Bonchev–Trinajstić information content (AvgIpc) is 2.77. The van der Waals surface area contributed by atoms with Gasteiger partial charge in [-0.2, -0.15) is 13.2 Å². The molecule has 1 aromatic heterocycles. The van der Waals surface area contributed by atoms with Crippen LogP contribution in [0.1, 0.15) is 18.2 Å². The summed E-state index contributed by atoms with van der Waals surface area (Å²) in [7, 11) is 0. The van der Waals surface area contributed by atoms with Crippen molar-refractivity contribution in [1.29, 1.82) is 0 Å². The fourth-order valence-electron chi connectivity index (χ4n) is 2.74. The van der Waals surface area contributed by atoms with Crippen molar-refractivity contribution in [2.75, 3.05) is 13.2 Å². The summed E-state index contributed by atoms with van der Waals surface area (Å²) < 4.78 is 66.2. The highest BCUT2D eigenvalue weighted by molar-refractivity contribution is 5.32. The molecule has 0 bridgehead atoms. The second kappa shape index (κ2) is 10.4. The lowest BCUT2D eigenvalue weighted by atomic mass is 9.96. The molecule has 9 heteroatoms. The molecule has 1 unspecified atom stereocenters. The molecule has 0 aliphatic rings. The van der Waals surface area contributed by atoms with E-state index < -0.39 is 24.0 Å². The topological polar surface area (TPSA) is 49.8 Å². The van der Waals surface area contributed by atoms with E-state index in [0.29, 0.717) is 23.8 Å². The minimum atomic E-state index is -5.22. The van der Waals surface area contributed by atoms with Crippen LogP contribution >= 0.6 is 0 Å². The quantitative estimate of drug-likeness (QED) is 0.160. The minimum Gasteiger partial charge on any atom is -0.494 e. The molecule has 0 saturated carbocycles. The largest absolute Gasteiger partial charge is 0.494 e. The molecular weight excluding hydrogens is 430 g/mol. The third kappa shape index (κ3) is 5.95. The Kier molecular flexibility index (Phi) is 7.66. The Morgan fingerprint density at radius 1 is 0.781 bits per heavy atom. The van der Waals surface area contributed by atoms with E-state index >= 15 is 0 Å². The number of alkyl halides is 4. The van der Waals surface area contributed by atoms with E-state index in [1.54, 1.807) is 49.4 Å². The Bertz CT molecular complexity index is 983. The van der Waals surface area contributed by atoms with Crippen LogP contribution in [0.5, 0.6) is 17.4 Å². The molecule has 0 saturated heterocycles. The first-order valence-electron chi connectivity index (χ1n) is 9.74. The van der Waals surface area contributed by atoms with Crippen LogP contribution in [0.25, 0.3) is 0 Å². The van der Waals surface area contributed by atoms with Crippen LogP contribution in [0.2, 0.25) is 0 Å². The number of halogens is 4. The van der Waals surface area contributed by atoms with Crippen LogP contribution in [-0.2, 0) is 22.1 Å². The highest BCUT2D eigenvalue weighted by Crippen LogP contribution is 2.43. The number of aromatic nitrogens is 1. The third-order valence-corrected chi connectivity index (χ3v) is 4.37. The molecule has 3 aromatic rings. The van der Waals surface area contributed by atoms with Gasteiger partial charge < -0.3 is 9.47 Å². The second-order valence-electron chi connectivity index (χ2n) is 6.66. The first-order valence-corrected chi connectivity index (χ1v) is 9.74. The molecule has 170 valence electrons. The maximum atomic E-state index is 15.0. The van der Waals surface area contributed by atoms with Crippen molar-refractivity contribution >= 4 is 0 Å². The first kappa shape index (κ1) is 23.5. The van der Waals surface area contributed by atoms with Gasteiger partial charge in [-0.15, -0.1) is 0 Å². The van der Waals surface area contributed by atoms with E-state index in [-0.39, 0.29) is 12.5 Å². The maximum absolute atomic E-state index is 15.0. The average molecular weight is 451 g/mol. The van der Waals surface area contributed by atoms with Crippen LogP contribution < -0.4 is 9.47 Å². The lowest BCUT2D eigenvalue weighted by Crippen LogP contribution is -2.42. The molecule has 0 amide bonds. The summed E-state index contributed by atoms with van der Waals surface area (Å²) in [6, 6.07) is 18.3. The molecule has 1 atom stereocenters. The van der Waals surface area contributed by atoms with E-state index in [4.69, 9.17) is 14.4 Å². The zero-order valence-corrected chi connectivity index (χ0v) is 17.1. The van der Waals surface area contributed by atoms with Crippen LogP contribution in [0.15, 0.2) is 72.8 Å². The number of benzene rings is 2. The second-order valence-corrected chi connectivity index (χ2v) is 6.66. The fourth-order valence-corrected chi connectivity index (χ4v) is 2.74. The van der Waals surface area contributed by atoms with Gasteiger partial charge >= 0.3 is 6.18 Å². The molecule has 1 heterocycles. The molecule has 0 radical (unpaired) electrons. The van der Waals surface area contributed by atoms with E-state index in [1.165, 1.54) is 12.1 Å².